The molecule has 0 aliphatic carbocycles. The highest BCUT2D eigenvalue weighted by atomic mass is 16.7. The van der Waals surface area contributed by atoms with E-state index >= 15 is 0 Å². The fourth-order valence-electron chi connectivity index (χ4n) is 0.361. The molecule has 64 valence electrons. The molecular weight excluding hydrogens is 160 g/mol. The third-order valence-corrected chi connectivity index (χ3v) is 0.908. The minimum atomic E-state index is -2.09. The number of hydrogen-bond donors (Lipinski definition) is 2. The number of hydrogen-bond acceptors (Lipinski definition) is 6. The molecule has 2 unspecified atom stereocenters. The molecule has 0 fully saturated rings. The Morgan fingerprint density at radius 2 is 1.36 bits per heavy atom. The van der Waals surface area contributed by atoms with E-state index in [9.17, 15) is 20.2 Å². The van der Waals surface area contributed by atoms with Crippen LogP contribution in [-0.2, 0) is 0 Å². The fraction of sp³-hybridized carbons (Fsp3) is 1.00. The second-order valence-electron chi connectivity index (χ2n) is 1.77. The van der Waals surface area contributed by atoms with Crippen LogP contribution in [0.2, 0.25) is 0 Å². The largest absolute Gasteiger partial charge is 0.333 e. The fourth-order valence-corrected chi connectivity index (χ4v) is 0.361. The van der Waals surface area contributed by atoms with Crippen molar-refractivity contribution in [1.82, 2.24) is 0 Å². The molecule has 11 heavy (non-hydrogen) atoms. The van der Waals surface area contributed by atoms with Crippen LogP contribution >= 0.6 is 0 Å². The van der Waals surface area contributed by atoms with E-state index in [1.807, 2.05) is 0 Å². The summed E-state index contributed by atoms with van der Waals surface area (Å²) in [4.78, 5) is 17.1. The van der Waals surface area contributed by atoms with Crippen molar-refractivity contribution in [3.63, 3.8) is 0 Å². The van der Waals surface area contributed by atoms with E-state index in [0.717, 1.165) is 0 Å². The highest BCUT2D eigenvalue weighted by molar-refractivity contribution is 4.42. The van der Waals surface area contributed by atoms with E-state index in [0.29, 0.717) is 0 Å². The molecule has 0 aromatic carbocycles. The van der Waals surface area contributed by atoms with E-state index in [1.54, 1.807) is 0 Å². The van der Waals surface area contributed by atoms with Gasteiger partial charge in [-0.05, 0) is 0 Å². The molecule has 0 saturated heterocycles. The van der Waals surface area contributed by atoms with E-state index in [-0.39, 0.29) is 0 Å². The van der Waals surface area contributed by atoms with Gasteiger partial charge in [0.15, 0.2) is 0 Å². The predicted molar refractivity (Wildman–Crippen MR) is 30.6 cm³/mol. The van der Waals surface area contributed by atoms with Crippen LogP contribution in [0.3, 0.4) is 0 Å². The molecule has 0 rings (SSSR count). The summed E-state index contributed by atoms with van der Waals surface area (Å²) in [5, 5.41) is 36.1. The summed E-state index contributed by atoms with van der Waals surface area (Å²) in [6.07, 6.45) is -5.08. The number of rotatable bonds is 4. The summed E-state index contributed by atoms with van der Waals surface area (Å²) in [5.41, 5.74) is 0. The first-order chi connectivity index (χ1) is 4.95. The Balaban J connectivity index is 3.84. The smallest absolute Gasteiger partial charge is 0.322 e. The van der Waals surface area contributed by atoms with E-state index in [2.05, 4.69) is 0 Å². The molecule has 0 radical (unpaired) electrons. The molecule has 0 amide bonds. The molecule has 0 spiro atoms. The van der Waals surface area contributed by atoms with Gasteiger partial charge in [-0.2, -0.15) is 0 Å². The SMILES string of the molecule is O=[N+]([O-])C(O)CC(O)[N+](=O)[O-]. The van der Waals surface area contributed by atoms with Gasteiger partial charge in [0.1, 0.15) is 6.42 Å². The van der Waals surface area contributed by atoms with Crippen LogP contribution in [0, 0.1) is 20.2 Å². The molecule has 0 aromatic rings. The Morgan fingerprint density at radius 1 is 1.09 bits per heavy atom. The lowest BCUT2D eigenvalue weighted by molar-refractivity contribution is -0.613. The van der Waals surface area contributed by atoms with Gasteiger partial charge in [0.05, 0.1) is 9.85 Å². The first-order valence-electron chi connectivity index (χ1n) is 2.58. The highest BCUT2D eigenvalue weighted by Crippen LogP contribution is 1.98. The van der Waals surface area contributed by atoms with Crippen LogP contribution < -0.4 is 0 Å². The zero-order chi connectivity index (χ0) is 9.02. The first-order valence-corrected chi connectivity index (χ1v) is 2.58. The van der Waals surface area contributed by atoms with Crippen molar-refractivity contribution in [2.24, 2.45) is 0 Å². The van der Waals surface area contributed by atoms with Crippen LogP contribution in [0.15, 0.2) is 0 Å². The summed E-state index contributed by atoms with van der Waals surface area (Å²) in [6, 6.07) is 0. The number of aliphatic hydroxyl groups is 2. The lowest BCUT2D eigenvalue weighted by Gasteiger charge is -2.02. The predicted octanol–water partition coefficient (Wildman–Crippen LogP) is -1.43. The standard InChI is InChI=1S/C3H6N2O6/c6-2(4(8)9)1-3(7)5(10)11/h2-3,6-7H,1H2. The maximum Gasteiger partial charge on any atom is 0.322 e. The zero-order valence-electron chi connectivity index (χ0n) is 5.28. The Hall–Kier alpha value is -1.28. The van der Waals surface area contributed by atoms with Crippen molar-refractivity contribution in [2.45, 2.75) is 18.9 Å². The summed E-state index contributed by atoms with van der Waals surface area (Å²) < 4.78 is 0. The van der Waals surface area contributed by atoms with Crippen molar-refractivity contribution in [1.29, 1.82) is 0 Å². The number of aliphatic hydroxyl groups excluding tert-OH is 2. The van der Waals surface area contributed by atoms with Crippen LogP contribution in [-0.4, -0.2) is 32.5 Å². The van der Waals surface area contributed by atoms with Crippen molar-refractivity contribution >= 4 is 0 Å². The van der Waals surface area contributed by atoms with E-state index < -0.39 is 28.7 Å². The zero-order valence-corrected chi connectivity index (χ0v) is 5.28. The Labute approximate surface area is 60.4 Å². The molecule has 2 atom stereocenters. The van der Waals surface area contributed by atoms with Crippen LogP contribution in [0.4, 0.5) is 0 Å². The van der Waals surface area contributed by atoms with E-state index in [4.69, 9.17) is 10.2 Å². The molecule has 2 N–H and O–H groups in total. The monoisotopic (exact) mass is 166 g/mol. The highest BCUT2D eigenvalue weighted by Gasteiger charge is 2.27. The van der Waals surface area contributed by atoms with Gasteiger partial charge in [-0.1, -0.05) is 0 Å². The van der Waals surface area contributed by atoms with Crippen molar-refractivity contribution in [3.8, 4) is 0 Å². The van der Waals surface area contributed by atoms with Crippen LogP contribution in [0.25, 0.3) is 0 Å². The molecule has 0 bridgehead atoms. The molecule has 0 aliphatic rings. The topological polar surface area (TPSA) is 127 Å². The van der Waals surface area contributed by atoms with Crippen LogP contribution in [0.1, 0.15) is 6.42 Å². The molecule has 0 aliphatic heterocycles. The van der Waals surface area contributed by atoms with Gasteiger partial charge in [0.25, 0.3) is 0 Å². The summed E-state index contributed by atoms with van der Waals surface area (Å²) >= 11 is 0. The minimum absolute atomic E-state index is 0.903. The second-order valence-corrected chi connectivity index (χ2v) is 1.77. The Bertz CT molecular complexity index is 151. The summed E-state index contributed by atoms with van der Waals surface area (Å²) in [5.74, 6) is 0. The molecule has 0 saturated carbocycles. The van der Waals surface area contributed by atoms with Gasteiger partial charge < -0.3 is 10.2 Å². The molecule has 0 aromatic heterocycles. The average molecular weight is 166 g/mol. The van der Waals surface area contributed by atoms with Crippen molar-refractivity contribution in [3.05, 3.63) is 20.2 Å². The van der Waals surface area contributed by atoms with Gasteiger partial charge in [-0.3, -0.25) is 20.2 Å². The lowest BCUT2D eigenvalue weighted by atomic mass is 10.3. The lowest BCUT2D eigenvalue weighted by Crippen LogP contribution is -2.29. The third-order valence-electron chi connectivity index (χ3n) is 0.908. The maximum absolute atomic E-state index is 9.68. The van der Waals surface area contributed by atoms with Gasteiger partial charge in [0, 0.05) is 0 Å². The molecular formula is C3H6N2O6. The molecule has 0 heterocycles. The van der Waals surface area contributed by atoms with E-state index in [1.165, 1.54) is 0 Å². The first kappa shape index (κ1) is 9.72. The average Bonchev–Trinajstić information content (AvgIpc) is 1.87. The van der Waals surface area contributed by atoms with Gasteiger partial charge in [-0.25, -0.2) is 0 Å². The van der Waals surface area contributed by atoms with Crippen molar-refractivity contribution in [2.75, 3.05) is 0 Å². The Morgan fingerprint density at radius 3 is 1.55 bits per heavy atom. The second kappa shape index (κ2) is 3.78. The van der Waals surface area contributed by atoms with Gasteiger partial charge in [0.2, 0.25) is 0 Å². The van der Waals surface area contributed by atoms with Crippen LogP contribution in [0.5, 0.6) is 0 Å². The Kier molecular flexibility index (Phi) is 3.34. The van der Waals surface area contributed by atoms with Crippen molar-refractivity contribution < 1.29 is 20.1 Å². The van der Waals surface area contributed by atoms with Gasteiger partial charge >= 0.3 is 12.5 Å². The summed E-state index contributed by atoms with van der Waals surface area (Å²) in [6.45, 7) is 0. The van der Waals surface area contributed by atoms with Gasteiger partial charge in [-0.15, -0.1) is 0 Å². The number of nitrogens with zero attached hydrogens (tertiary/aromatic N) is 2. The minimum Gasteiger partial charge on any atom is -0.333 e. The maximum atomic E-state index is 9.68. The third kappa shape index (κ3) is 3.43. The normalized spacial score (nSPS) is 15.5. The quantitative estimate of drug-likeness (QED) is 0.299. The molecule has 8 nitrogen and oxygen atoms in total. The number of nitro groups is 2. The molecule has 8 heteroatoms. The summed E-state index contributed by atoms with van der Waals surface area (Å²) in [7, 11) is 0.